The summed E-state index contributed by atoms with van der Waals surface area (Å²) >= 11 is 0. The van der Waals surface area contributed by atoms with Crippen molar-refractivity contribution < 1.29 is 13.2 Å². The topological polar surface area (TPSA) is 58.6 Å². The van der Waals surface area contributed by atoms with Crippen LogP contribution in [0, 0.1) is 0 Å². The average molecular weight is 346 g/mol. The molecule has 0 spiro atoms. The van der Waals surface area contributed by atoms with Crippen molar-refractivity contribution in [3.05, 3.63) is 54.6 Å². The van der Waals surface area contributed by atoms with Crippen LogP contribution in [0.4, 0.5) is 0 Å². The fraction of sp³-hybridized carbons (Fsp3) is 0.333. The highest BCUT2D eigenvalue weighted by Gasteiger charge is 2.16. The first-order valence-corrected chi connectivity index (χ1v) is 9.59. The predicted octanol–water partition coefficient (Wildman–Crippen LogP) is 1.96. The minimum atomic E-state index is -3.50. The fourth-order valence-corrected chi connectivity index (χ4v) is 3.79. The third-order valence-corrected chi connectivity index (χ3v) is 5.53. The molecule has 5 nitrogen and oxygen atoms in total. The molecule has 0 aliphatic carbocycles. The van der Waals surface area contributed by atoms with Gasteiger partial charge in [-0.25, -0.2) is 13.1 Å². The van der Waals surface area contributed by atoms with Gasteiger partial charge < -0.3 is 4.74 Å². The molecule has 2 aromatic carbocycles. The summed E-state index contributed by atoms with van der Waals surface area (Å²) in [6, 6.07) is 16.8. The highest BCUT2D eigenvalue weighted by Crippen LogP contribution is 2.22. The van der Waals surface area contributed by atoms with Crippen LogP contribution >= 0.6 is 0 Å². The van der Waals surface area contributed by atoms with Gasteiger partial charge >= 0.3 is 0 Å². The van der Waals surface area contributed by atoms with Crippen molar-refractivity contribution in [2.24, 2.45) is 0 Å². The number of hydrogen-bond donors (Lipinski definition) is 1. The van der Waals surface area contributed by atoms with E-state index in [1.807, 2.05) is 36.4 Å². The van der Waals surface area contributed by atoms with E-state index in [4.69, 9.17) is 4.74 Å². The van der Waals surface area contributed by atoms with E-state index in [2.05, 4.69) is 9.62 Å². The Kier molecular flexibility index (Phi) is 5.63. The van der Waals surface area contributed by atoms with Crippen LogP contribution in [0.1, 0.15) is 0 Å². The second kappa shape index (κ2) is 7.90. The lowest BCUT2D eigenvalue weighted by Crippen LogP contribution is -2.41. The average Bonchev–Trinajstić information content (AvgIpc) is 2.63. The molecule has 1 N–H and O–H groups in total. The first-order chi connectivity index (χ1) is 11.6. The Balaban J connectivity index is 1.66. The zero-order valence-corrected chi connectivity index (χ0v) is 14.3. The van der Waals surface area contributed by atoms with E-state index in [-0.39, 0.29) is 0 Å². The van der Waals surface area contributed by atoms with Gasteiger partial charge in [0.05, 0.1) is 18.1 Å². The molecule has 0 unspecified atom stereocenters. The lowest BCUT2D eigenvalue weighted by Gasteiger charge is -2.26. The zero-order chi connectivity index (χ0) is 16.8. The molecule has 128 valence electrons. The highest BCUT2D eigenvalue weighted by molar-refractivity contribution is 7.89. The van der Waals surface area contributed by atoms with E-state index >= 15 is 0 Å². The van der Waals surface area contributed by atoms with Gasteiger partial charge in [-0.1, -0.05) is 42.5 Å². The quantitative estimate of drug-likeness (QED) is 0.869. The maximum Gasteiger partial charge on any atom is 0.240 e. The molecule has 1 heterocycles. The van der Waals surface area contributed by atoms with Gasteiger partial charge in [0.25, 0.3) is 0 Å². The minimum absolute atomic E-state index is 0.297. The highest BCUT2D eigenvalue weighted by atomic mass is 32.2. The molecule has 1 aliphatic heterocycles. The molecular weight excluding hydrogens is 324 g/mol. The summed E-state index contributed by atoms with van der Waals surface area (Å²) < 4.78 is 33.0. The number of rotatable bonds is 6. The Hall–Kier alpha value is -1.73. The summed E-state index contributed by atoms with van der Waals surface area (Å²) in [5.74, 6) is 0. The Morgan fingerprint density at radius 2 is 1.67 bits per heavy atom. The molecular formula is C18H22N2O3S. The van der Waals surface area contributed by atoms with Gasteiger partial charge in [-0.3, -0.25) is 4.90 Å². The second-order valence-electron chi connectivity index (χ2n) is 5.75. The summed E-state index contributed by atoms with van der Waals surface area (Å²) in [5, 5.41) is 0. The third kappa shape index (κ3) is 4.42. The summed E-state index contributed by atoms with van der Waals surface area (Å²) in [6.07, 6.45) is 0. The van der Waals surface area contributed by atoms with Gasteiger partial charge in [0, 0.05) is 26.2 Å². The normalized spacial score (nSPS) is 16.2. The van der Waals surface area contributed by atoms with Gasteiger partial charge in [0.2, 0.25) is 10.0 Å². The van der Waals surface area contributed by atoms with Crippen molar-refractivity contribution in [1.29, 1.82) is 0 Å². The summed E-state index contributed by atoms with van der Waals surface area (Å²) in [5.41, 5.74) is 1.90. The van der Waals surface area contributed by atoms with Gasteiger partial charge in [0.15, 0.2) is 0 Å². The van der Waals surface area contributed by atoms with Crippen LogP contribution in [0.5, 0.6) is 0 Å². The zero-order valence-electron chi connectivity index (χ0n) is 13.5. The molecule has 0 saturated carbocycles. The van der Waals surface area contributed by atoms with Crippen LogP contribution in [0.3, 0.4) is 0 Å². The number of ether oxygens (including phenoxy) is 1. The number of morpholine rings is 1. The van der Waals surface area contributed by atoms with Gasteiger partial charge in [0.1, 0.15) is 0 Å². The van der Waals surface area contributed by atoms with Crippen LogP contribution < -0.4 is 4.72 Å². The van der Waals surface area contributed by atoms with E-state index in [1.54, 1.807) is 18.2 Å². The Bertz CT molecular complexity index is 757. The maximum absolute atomic E-state index is 12.5. The minimum Gasteiger partial charge on any atom is -0.379 e. The van der Waals surface area contributed by atoms with Crippen molar-refractivity contribution in [1.82, 2.24) is 9.62 Å². The van der Waals surface area contributed by atoms with E-state index in [0.29, 0.717) is 31.2 Å². The molecule has 1 aliphatic rings. The number of nitrogens with one attached hydrogen (secondary N) is 1. The molecule has 3 rings (SSSR count). The van der Waals surface area contributed by atoms with Gasteiger partial charge in [-0.15, -0.1) is 0 Å². The second-order valence-corrected chi connectivity index (χ2v) is 7.51. The molecule has 1 fully saturated rings. The first-order valence-electron chi connectivity index (χ1n) is 8.10. The molecule has 24 heavy (non-hydrogen) atoms. The summed E-state index contributed by atoms with van der Waals surface area (Å²) in [4.78, 5) is 2.50. The number of benzene rings is 2. The molecule has 0 amide bonds. The van der Waals surface area contributed by atoms with Crippen LogP contribution in [0.2, 0.25) is 0 Å². The SMILES string of the molecule is O=S(=O)(NCCN1CCOCC1)c1cccc(-c2ccccc2)c1. The van der Waals surface area contributed by atoms with Crippen molar-refractivity contribution in [2.45, 2.75) is 4.90 Å². The lowest BCUT2D eigenvalue weighted by atomic mass is 10.1. The number of nitrogens with zero attached hydrogens (tertiary/aromatic N) is 1. The summed E-state index contributed by atoms with van der Waals surface area (Å²) in [7, 11) is -3.50. The Morgan fingerprint density at radius 3 is 2.42 bits per heavy atom. The summed E-state index contributed by atoms with van der Waals surface area (Å²) in [6.45, 7) is 4.23. The van der Waals surface area contributed by atoms with Crippen LogP contribution in [0.25, 0.3) is 11.1 Å². The molecule has 0 bridgehead atoms. The molecule has 0 atom stereocenters. The number of sulfonamides is 1. The van der Waals surface area contributed by atoms with Crippen molar-refractivity contribution >= 4 is 10.0 Å². The molecule has 1 saturated heterocycles. The number of hydrogen-bond acceptors (Lipinski definition) is 4. The lowest BCUT2D eigenvalue weighted by molar-refractivity contribution is 0.0390. The van der Waals surface area contributed by atoms with Crippen molar-refractivity contribution in [3.63, 3.8) is 0 Å². The molecule has 6 heteroatoms. The van der Waals surface area contributed by atoms with E-state index in [0.717, 1.165) is 24.2 Å². The fourth-order valence-electron chi connectivity index (χ4n) is 2.72. The smallest absolute Gasteiger partial charge is 0.240 e. The Labute approximate surface area is 143 Å². The molecule has 0 aromatic heterocycles. The van der Waals surface area contributed by atoms with Crippen LogP contribution in [0.15, 0.2) is 59.5 Å². The monoisotopic (exact) mass is 346 g/mol. The van der Waals surface area contributed by atoms with E-state index in [1.165, 1.54) is 0 Å². The van der Waals surface area contributed by atoms with Crippen LogP contribution in [-0.4, -0.2) is 52.7 Å². The van der Waals surface area contributed by atoms with Gasteiger partial charge in [-0.05, 0) is 23.3 Å². The van der Waals surface area contributed by atoms with E-state index < -0.39 is 10.0 Å². The third-order valence-electron chi connectivity index (χ3n) is 4.08. The van der Waals surface area contributed by atoms with E-state index in [9.17, 15) is 8.42 Å². The maximum atomic E-state index is 12.5. The van der Waals surface area contributed by atoms with Crippen LogP contribution in [-0.2, 0) is 14.8 Å². The predicted molar refractivity (Wildman–Crippen MR) is 94.3 cm³/mol. The first kappa shape index (κ1) is 17.1. The molecule has 0 radical (unpaired) electrons. The Morgan fingerprint density at radius 1 is 0.958 bits per heavy atom. The molecule has 2 aromatic rings. The largest absolute Gasteiger partial charge is 0.379 e. The van der Waals surface area contributed by atoms with Crippen molar-refractivity contribution in [3.8, 4) is 11.1 Å². The van der Waals surface area contributed by atoms with Crippen molar-refractivity contribution in [2.75, 3.05) is 39.4 Å². The standard InChI is InChI=1S/C18H22N2O3S/c21-24(22,19-9-10-20-11-13-23-14-12-20)18-8-4-7-17(15-18)16-5-2-1-3-6-16/h1-8,15,19H,9-14H2. The van der Waals surface area contributed by atoms with Gasteiger partial charge in [-0.2, -0.15) is 0 Å².